The van der Waals surface area contributed by atoms with Gasteiger partial charge in [0.15, 0.2) is 11.9 Å². The van der Waals surface area contributed by atoms with Crippen LogP contribution in [0, 0.1) is 11.8 Å². The zero-order valence-corrected chi connectivity index (χ0v) is 58.4. The summed E-state index contributed by atoms with van der Waals surface area (Å²) < 4.78 is 0. The molecule has 30 N–H and O–H groups in total. The first-order valence-electron chi connectivity index (χ1n) is 33.3. The predicted octanol–water partition coefficient (Wildman–Crippen LogP) is -6.61. The fraction of sp³-hybridized carbons (Fsp3) is 0.578. The molecule has 102 heavy (non-hydrogen) atoms. The number of hydrogen-bond donors (Lipinski definition) is 23. The topological polar surface area (TPSA) is 654 Å². The van der Waals surface area contributed by atoms with Crippen molar-refractivity contribution in [3.8, 4) is 11.5 Å². The number of aliphatic carboxylic acids is 1. The number of phenolic OH excluding ortho intramolecular Hbond substituents is 2. The number of unbranched alkanes of at least 4 members (excludes halogenated alkanes) is 1. The van der Waals surface area contributed by atoms with E-state index in [1.54, 1.807) is 39.8 Å². The molecule has 0 unspecified atom stereocenters. The van der Waals surface area contributed by atoms with Crippen LogP contribution in [0.15, 0.2) is 58.5 Å². The number of hydrogen-bond acceptors (Lipinski definition) is 21. The molecule has 0 aliphatic carbocycles. The smallest absolute Gasteiger partial charge is 0.319 e. The van der Waals surface area contributed by atoms with Crippen LogP contribution in [0.1, 0.15) is 123 Å². The minimum absolute atomic E-state index is 0.0154. The number of carbonyl (C=O) groups is 13. The molecule has 11 atom stereocenters. The third-order valence-electron chi connectivity index (χ3n) is 15.2. The van der Waals surface area contributed by atoms with Crippen molar-refractivity contribution in [3.05, 3.63) is 59.7 Å². The highest BCUT2D eigenvalue weighted by molar-refractivity contribution is 5.99. The number of aliphatic imine (C=N–C) groups is 2. The molecule has 0 spiro atoms. The molecule has 0 saturated heterocycles. The Labute approximate surface area is 590 Å². The van der Waals surface area contributed by atoms with E-state index in [0.717, 1.165) is 6.92 Å². The van der Waals surface area contributed by atoms with Gasteiger partial charge in [-0.15, -0.1) is 0 Å². The molecule has 0 aliphatic rings. The Bertz CT molecular complexity index is 3170. The van der Waals surface area contributed by atoms with Crippen LogP contribution in [0.25, 0.3) is 0 Å². The summed E-state index contributed by atoms with van der Waals surface area (Å²) in [6, 6.07) is -2.61. The van der Waals surface area contributed by atoms with E-state index in [2.05, 4.69) is 74.0 Å². The SMILES string of the molecule is CC(C)C[C@H](NC(=O)[C@H](C)NC(=O)[C@@H](N)Cc1ccc(O)cc1)C(=O)N[C@@H](CCCCN)C(=O)N[C@@H](CCCN=C(N)N)C(=O)N[C@@H](CCC(N)=O)C(=O)NCC(=O)N[C@@H](CCCN=C(N)N)C(=O)N[C@H](C(=O)N[C@@H](CC(C)C)C(=O)N[C@@H](Cc1ccc(O)cc1)C(=O)NNCC(=O)O)[C@@H](C)O. The Kier molecular flexibility index (Phi) is 39.6. The minimum atomic E-state index is -1.82. The number of guanidine groups is 2. The summed E-state index contributed by atoms with van der Waals surface area (Å²) in [5, 5.41) is 64.6. The number of nitrogens with two attached hydrogens (primary N) is 7. The Hall–Kier alpha value is -10.5. The molecule has 0 fully saturated rings. The number of phenols is 2. The summed E-state index contributed by atoms with van der Waals surface area (Å²) >= 11 is 0. The number of aliphatic hydroxyl groups excluding tert-OH is 1. The summed E-state index contributed by atoms with van der Waals surface area (Å²) in [5.74, 6) is -13.6. The van der Waals surface area contributed by atoms with Gasteiger partial charge >= 0.3 is 5.97 Å². The third-order valence-corrected chi connectivity index (χ3v) is 15.2. The van der Waals surface area contributed by atoms with Crippen LogP contribution in [0.2, 0.25) is 0 Å². The van der Waals surface area contributed by atoms with E-state index >= 15 is 0 Å². The summed E-state index contributed by atoms with van der Waals surface area (Å²) in [6.45, 7) is 8.01. The van der Waals surface area contributed by atoms with Crippen LogP contribution in [0.4, 0.5) is 0 Å². The molecule has 0 aromatic heterocycles. The first kappa shape index (κ1) is 87.6. The number of benzene rings is 2. The molecule has 12 amide bonds. The Morgan fingerprint density at radius 3 is 1.32 bits per heavy atom. The lowest BCUT2D eigenvalue weighted by Crippen LogP contribution is -2.61. The Morgan fingerprint density at radius 1 is 0.451 bits per heavy atom. The van der Waals surface area contributed by atoms with Crippen molar-refractivity contribution >= 4 is 88.8 Å². The van der Waals surface area contributed by atoms with Crippen molar-refractivity contribution in [1.29, 1.82) is 0 Å². The van der Waals surface area contributed by atoms with Gasteiger partial charge in [0.2, 0.25) is 65.0 Å². The average molecular weight is 1440 g/mol. The van der Waals surface area contributed by atoms with Gasteiger partial charge in [0.05, 0.1) is 18.7 Å². The van der Waals surface area contributed by atoms with Gasteiger partial charge in [-0.3, -0.25) is 77.7 Å². The number of carboxylic acids is 1. The molecule has 0 heterocycles. The van der Waals surface area contributed by atoms with Crippen molar-refractivity contribution in [1.82, 2.24) is 64.0 Å². The van der Waals surface area contributed by atoms with E-state index in [4.69, 9.17) is 45.2 Å². The first-order valence-corrected chi connectivity index (χ1v) is 33.3. The van der Waals surface area contributed by atoms with Gasteiger partial charge in [0.1, 0.15) is 72.4 Å². The van der Waals surface area contributed by atoms with Crippen molar-refractivity contribution in [2.24, 2.45) is 62.0 Å². The highest BCUT2D eigenvalue weighted by Crippen LogP contribution is 2.16. The summed E-state index contributed by atoms with van der Waals surface area (Å²) in [6.07, 6.45) is -2.45. The highest BCUT2D eigenvalue weighted by Gasteiger charge is 2.36. The first-order chi connectivity index (χ1) is 48.0. The summed E-state index contributed by atoms with van der Waals surface area (Å²) in [4.78, 5) is 184. The van der Waals surface area contributed by atoms with E-state index < -0.39 is 169 Å². The quantitative estimate of drug-likeness (QED) is 0.0127. The Morgan fingerprint density at radius 2 is 0.873 bits per heavy atom. The van der Waals surface area contributed by atoms with Crippen LogP contribution in [0.5, 0.6) is 11.5 Å². The molecule has 38 heteroatoms. The zero-order chi connectivity index (χ0) is 76.8. The van der Waals surface area contributed by atoms with E-state index in [-0.39, 0.29) is 119 Å². The van der Waals surface area contributed by atoms with Gasteiger partial charge in [-0.2, -0.15) is 0 Å². The summed E-state index contributed by atoms with van der Waals surface area (Å²) in [7, 11) is 0. The maximum atomic E-state index is 14.4. The van der Waals surface area contributed by atoms with Gasteiger partial charge in [0.25, 0.3) is 5.91 Å². The number of hydrazine groups is 1. The largest absolute Gasteiger partial charge is 0.508 e. The molecular weight excluding hydrogens is 1330 g/mol. The molecule has 0 saturated carbocycles. The zero-order valence-electron chi connectivity index (χ0n) is 58.4. The van der Waals surface area contributed by atoms with E-state index in [1.165, 1.54) is 43.3 Å². The lowest BCUT2D eigenvalue weighted by molar-refractivity contribution is -0.137. The van der Waals surface area contributed by atoms with Crippen molar-refractivity contribution in [2.45, 2.75) is 192 Å². The maximum Gasteiger partial charge on any atom is 0.319 e. The number of rotatable bonds is 48. The fourth-order valence-electron chi connectivity index (χ4n) is 9.85. The number of amides is 12. The highest BCUT2D eigenvalue weighted by atomic mass is 16.4. The fourth-order valence-corrected chi connectivity index (χ4v) is 9.85. The van der Waals surface area contributed by atoms with Crippen LogP contribution in [0.3, 0.4) is 0 Å². The molecule has 2 aromatic rings. The average Bonchev–Trinajstić information content (AvgIpc) is 0.856. The minimum Gasteiger partial charge on any atom is -0.508 e. The normalized spacial score (nSPS) is 14.3. The number of aromatic hydroxyl groups is 2. The molecule has 2 aromatic carbocycles. The molecule has 0 aliphatic heterocycles. The lowest BCUT2D eigenvalue weighted by atomic mass is 10.00. The second-order valence-electron chi connectivity index (χ2n) is 25.2. The summed E-state index contributed by atoms with van der Waals surface area (Å²) in [5.41, 5.74) is 45.0. The van der Waals surface area contributed by atoms with Gasteiger partial charge < -0.3 is 114 Å². The number of carbonyl (C=O) groups excluding carboxylic acids is 12. The van der Waals surface area contributed by atoms with Crippen LogP contribution < -0.4 is 104 Å². The van der Waals surface area contributed by atoms with Crippen molar-refractivity contribution in [2.75, 3.05) is 32.7 Å². The molecule has 0 bridgehead atoms. The van der Waals surface area contributed by atoms with Gasteiger partial charge in [-0.1, -0.05) is 52.0 Å². The maximum absolute atomic E-state index is 14.4. The predicted molar refractivity (Wildman–Crippen MR) is 373 cm³/mol. The standard InChI is InChI=1S/C64H105N21O17/c1-33(2)27-46(81-53(93)35(5)76-54(94)41(66)29-37-14-18-39(87)19-15-37)59(99)79-43(11-7-8-24-65)56(96)78-44(13-10-26-73-64(70)71)57(97)80-45(22-23-49(67)89)55(95)74-31-50(90)77-42(12-9-25-72-63(68)69)58(98)84-52(36(6)86)62(102)83-47(28-34(3)4)60(100)82-48(61(101)85-75-32-51(91)92)30-38-16-20-40(88)21-17-38/h14-21,33-36,41-48,52,75,86-88H,7-13,22-32,65-66H2,1-6H3,(H2,67,89)(H,74,95)(H,76,94)(H,77,90)(H,78,96)(H,79,99)(H,80,97)(H,81,93)(H,82,100)(H,83,102)(H,84,98)(H,85,101)(H,91,92)(H4,68,69,72)(H4,70,71,73)/t35-,36+,41-,42-,43-,44-,45-,46-,47-,48-,52-/m0/s1. The van der Waals surface area contributed by atoms with E-state index in [9.17, 15) is 77.6 Å². The van der Waals surface area contributed by atoms with Crippen molar-refractivity contribution in [3.63, 3.8) is 0 Å². The number of primary amides is 1. The monoisotopic (exact) mass is 1440 g/mol. The molecule has 0 radical (unpaired) electrons. The van der Waals surface area contributed by atoms with Gasteiger partial charge in [0, 0.05) is 25.9 Å². The van der Waals surface area contributed by atoms with Gasteiger partial charge in [-0.25, -0.2) is 5.43 Å². The van der Waals surface area contributed by atoms with E-state index in [1.807, 2.05) is 0 Å². The third kappa shape index (κ3) is 35.5. The number of aliphatic hydroxyl groups is 1. The lowest BCUT2D eigenvalue weighted by Gasteiger charge is -2.28. The second-order valence-corrected chi connectivity index (χ2v) is 25.2. The molecule has 38 nitrogen and oxygen atoms in total. The number of carboxylic acid groups (broad SMARTS) is 1. The van der Waals surface area contributed by atoms with Crippen LogP contribution >= 0.6 is 0 Å². The van der Waals surface area contributed by atoms with Crippen LogP contribution in [-0.2, 0) is 75.2 Å². The second kappa shape index (κ2) is 46.1. The van der Waals surface area contributed by atoms with E-state index in [0.29, 0.717) is 17.5 Å². The molecular formula is C64H105N21O17. The van der Waals surface area contributed by atoms with Gasteiger partial charge in [-0.05, 0) is 138 Å². The van der Waals surface area contributed by atoms with Crippen molar-refractivity contribution < 1.29 is 82.8 Å². The molecule has 568 valence electrons. The van der Waals surface area contributed by atoms with Crippen LogP contribution in [-0.4, -0.2) is 208 Å². The molecule has 2 rings (SSSR count). The number of nitrogens with zero attached hydrogens (tertiary/aromatic N) is 2. The Balaban J connectivity index is 2.42. The number of nitrogens with one attached hydrogen (secondary N) is 12.